The highest BCUT2D eigenvalue weighted by Crippen LogP contribution is 2.28. The molecule has 3 heteroatoms. The highest BCUT2D eigenvalue weighted by atomic mass is 79.9. The second-order valence-corrected chi connectivity index (χ2v) is 3.90. The molecule has 0 unspecified atom stereocenters. The minimum Gasteiger partial charge on any atom is -0.205 e. The third-order valence-electron chi connectivity index (χ3n) is 2.37. The Balaban J connectivity index is 2.67. The van der Waals surface area contributed by atoms with Crippen molar-refractivity contribution in [1.29, 1.82) is 0 Å². The van der Waals surface area contributed by atoms with E-state index in [0.717, 1.165) is 16.3 Å². The zero-order valence-corrected chi connectivity index (χ0v) is 9.47. The molecular formula is C12H9BrF2. The van der Waals surface area contributed by atoms with Gasteiger partial charge in [-0.3, -0.25) is 0 Å². The zero-order chi connectivity index (χ0) is 10.8. The second kappa shape index (κ2) is 4.27. The standard InChI is InChI=1S/C12H9BrF2/c13-7-8-4-5-10-9(6-8)2-1-3-11(10)12(14)15/h1-6,12H,7H2. The Kier molecular flexibility index (Phi) is 3.00. The first-order valence-electron chi connectivity index (χ1n) is 4.58. The first-order valence-corrected chi connectivity index (χ1v) is 5.70. The summed E-state index contributed by atoms with van der Waals surface area (Å²) < 4.78 is 25.3. The minimum atomic E-state index is -2.41. The Morgan fingerprint density at radius 3 is 2.60 bits per heavy atom. The van der Waals surface area contributed by atoms with Gasteiger partial charge in [-0.2, -0.15) is 0 Å². The fraction of sp³-hybridized carbons (Fsp3) is 0.167. The molecule has 0 N–H and O–H groups in total. The first-order chi connectivity index (χ1) is 7.22. The van der Waals surface area contributed by atoms with Crippen LogP contribution in [-0.2, 0) is 5.33 Å². The Morgan fingerprint density at radius 2 is 1.93 bits per heavy atom. The summed E-state index contributed by atoms with van der Waals surface area (Å²) in [5.41, 5.74) is 1.20. The van der Waals surface area contributed by atoms with Gasteiger partial charge in [0.25, 0.3) is 6.43 Å². The molecule has 78 valence electrons. The predicted molar refractivity (Wildman–Crippen MR) is 61.5 cm³/mol. The fourth-order valence-corrected chi connectivity index (χ4v) is 1.98. The van der Waals surface area contributed by atoms with E-state index in [4.69, 9.17) is 0 Å². The van der Waals surface area contributed by atoms with E-state index >= 15 is 0 Å². The maximum absolute atomic E-state index is 12.7. The van der Waals surface area contributed by atoms with E-state index in [2.05, 4.69) is 15.9 Å². The van der Waals surface area contributed by atoms with Crippen molar-refractivity contribution in [3.63, 3.8) is 0 Å². The van der Waals surface area contributed by atoms with Crippen LogP contribution >= 0.6 is 15.9 Å². The largest absolute Gasteiger partial charge is 0.264 e. The third kappa shape index (κ3) is 2.02. The van der Waals surface area contributed by atoms with E-state index in [1.165, 1.54) is 6.07 Å². The van der Waals surface area contributed by atoms with Crippen molar-refractivity contribution in [2.75, 3.05) is 0 Å². The summed E-state index contributed by atoms with van der Waals surface area (Å²) in [6, 6.07) is 10.5. The summed E-state index contributed by atoms with van der Waals surface area (Å²) in [4.78, 5) is 0. The molecule has 0 heterocycles. The van der Waals surface area contributed by atoms with Crippen LogP contribution in [0.3, 0.4) is 0 Å². The number of alkyl halides is 3. The van der Waals surface area contributed by atoms with Crippen LogP contribution in [0.4, 0.5) is 8.78 Å². The van der Waals surface area contributed by atoms with Crippen LogP contribution in [0.2, 0.25) is 0 Å². The van der Waals surface area contributed by atoms with Gasteiger partial charge in [-0.05, 0) is 16.3 Å². The second-order valence-electron chi connectivity index (χ2n) is 3.34. The highest BCUT2D eigenvalue weighted by Gasteiger charge is 2.10. The van der Waals surface area contributed by atoms with E-state index in [9.17, 15) is 8.78 Å². The number of halogens is 3. The molecular weight excluding hydrogens is 262 g/mol. The molecule has 0 aliphatic heterocycles. The van der Waals surface area contributed by atoms with Crippen molar-refractivity contribution in [3.8, 4) is 0 Å². The molecule has 0 amide bonds. The van der Waals surface area contributed by atoms with Crippen LogP contribution in [0, 0.1) is 0 Å². The van der Waals surface area contributed by atoms with Gasteiger partial charge in [-0.1, -0.05) is 52.3 Å². The Bertz CT molecular complexity index is 480. The lowest BCUT2D eigenvalue weighted by Gasteiger charge is -2.06. The molecule has 2 rings (SSSR count). The van der Waals surface area contributed by atoms with Gasteiger partial charge < -0.3 is 0 Å². The molecule has 0 aliphatic carbocycles. The van der Waals surface area contributed by atoms with Crippen LogP contribution in [-0.4, -0.2) is 0 Å². The van der Waals surface area contributed by atoms with Crippen molar-refractivity contribution in [2.45, 2.75) is 11.8 Å². The lowest BCUT2D eigenvalue weighted by Crippen LogP contribution is -1.87. The van der Waals surface area contributed by atoms with Crippen molar-refractivity contribution in [2.24, 2.45) is 0 Å². The van der Waals surface area contributed by atoms with Gasteiger partial charge in [0.1, 0.15) is 0 Å². The molecule has 0 atom stereocenters. The van der Waals surface area contributed by atoms with E-state index in [-0.39, 0.29) is 5.56 Å². The van der Waals surface area contributed by atoms with E-state index in [1.807, 2.05) is 18.2 Å². The summed E-state index contributed by atoms with van der Waals surface area (Å²) in [6.45, 7) is 0. The van der Waals surface area contributed by atoms with Gasteiger partial charge in [0, 0.05) is 10.9 Å². The molecule has 0 saturated carbocycles. The summed E-state index contributed by atoms with van der Waals surface area (Å²) in [5.74, 6) is 0. The number of hydrogen-bond donors (Lipinski definition) is 0. The first kappa shape index (κ1) is 10.6. The monoisotopic (exact) mass is 270 g/mol. The molecule has 0 nitrogen and oxygen atoms in total. The molecule has 0 spiro atoms. The van der Waals surface area contributed by atoms with Crippen molar-refractivity contribution in [3.05, 3.63) is 47.5 Å². The molecule has 15 heavy (non-hydrogen) atoms. The van der Waals surface area contributed by atoms with Crippen LogP contribution in [0.1, 0.15) is 17.6 Å². The average molecular weight is 271 g/mol. The van der Waals surface area contributed by atoms with Crippen molar-refractivity contribution >= 4 is 26.7 Å². The third-order valence-corrected chi connectivity index (χ3v) is 3.02. The summed E-state index contributed by atoms with van der Waals surface area (Å²) in [7, 11) is 0. The lowest BCUT2D eigenvalue weighted by molar-refractivity contribution is 0.153. The maximum Gasteiger partial charge on any atom is 0.264 e. The van der Waals surface area contributed by atoms with Gasteiger partial charge in [0.05, 0.1) is 0 Å². The number of rotatable bonds is 2. The average Bonchev–Trinajstić information content (AvgIpc) is 2.27. The Hall–Kier alpha value is -0.960. The van der Waals surface area contributed by atoms with Gasteiger partial charge >= 0.3 is 0 Å². The predicted octanol–water partition coefficient (Wildman–Crippen LogP) is 4.67. The smallest absolute Gasteiger partial charge is 0.205 e. The van der Waals surface area contributed by atoms with Crippen molar-refractivity contribution in [1.82, 2.24) is 0 Å². The summed E-state index contributed by atoms with van der Waals surface area (Å²) in [6.07, 6.45) is -2.41. The van der Waals surface area contributed by atoms with Gasteiger partial charge in [0.15, 0.2) is 0 Å². The minimum absolute atomic E-state index is 0.105. The lowest BCUT2D eigenvalue weighted by atomic mass is 10.0. The van der Waals surface area contributed by atoms with E-state index in [1.54, 1.807) is 12.1 Å². The molecule has 0 aromatic heterocycles. The summed E-state index contributed by atoms with van der Waals surface area (Å²) >= 11 is 3.34. The van der Waals surface area contributed by atoms with Gasteiger partial charge in [0.2, 0.25) is 0 Å². The topological polar surface area (TPSA) is 0 Å². The van der Waals surface area contributed by atoms with Crippen LogP contribution < -0.4 is 0 Å². The molecule has 2 aromatic rings. The number of fused-ring (bicyclic) bond motifs is 1. The van der Waals surface area contributed by atoms with E-state index < -0.39 is 6.43 Å². The molecule has 0 aliphatic rings. The number of benzene rings is 2. The fourth-order valence-electron chi connectivity index (χ4n) is 1.63. The SMILES string of the molecule is FC(F)c1cccc2cc(CBr)ccc12. The quantitative estimate of drug-likeness (QED) is 0.696. The molecule has 0 saturated heterocycles. The normalized spacial score (nSPS) is 11.2. The molecule has 0 fully saturated rings. The van der Waals surface area contributed by atoms with Gasteiger partial charge in [-0.25, -0.2) is 8.78 Å². The Morgan fingerprint density at radius 1 is 1.13 bits per heavy atom. The highest BCUT2D eigenvalue weighted by molar-refractivity contribution is 9.08. The van der Waals surface area contributed by atoms with Gasteiger partial charge in [-0.15, -0.1) is 0 Å². The van der Waals surface area contributed by atoms with Crippen LogP contribution in [0.25, 0.3) is 10.8 Å². The molecule has 0 radical (unpaired) electrons. The molecule has 0 bridgehead atoms. The number of hydrogen-bond acceptors (Lipinski definition) is 0. The van der Waals surface area contributed by atoms with Crippen LogP contribution in [0.5, 0.6) is 0 Å². The molecule has 2 aromatic carbocycles. The summed E-state index contributed by atoms with van der Waals surface area (Å²) in [5, 5.41) is 2.24. The maximum atomic E-state index is 12.7. The van der Waals surface area contributed by atoms with Crippen molar-refractivity contribution < 1.29 is 8.78 Å². The van der Waals surface area contributed by atoms with Crippen LogP contribution in [0.15, 0.2) is 36.4 Å². The van der Waals surface area contributed by atoms with E-state index in [0.29, 0.717) is 5.39 Å². The zero-order valence-electron chi connectivity index (χ0n) is 7.88. The Labute approximate surface area is 95.0 Å².